The summed E-state index contributed by atoms with van der Waals surface area (Å²) in [4.78, 5) is 16.8. The monoisotopic (exact) mass is 299 g/mol. The molecule has 5 nitrogen and oxygen atoms in total. The molecule has 0 amide bonds. The Morgan fingerprint density at radius 2 is 2.32 bits per heavy atom. The molecule has 1 atom stereocenters. The van der Waals surface area contributed by atoms with E-state index in [4.69, 9.17) is 4.74 Å². The van der Waals surface area contributed by atoms with Crippen molar-refractivity contribution < 1.29 is 9.53 Å². The van der Waals surface area contributed by atoms with Crippen LogP contribution < -0.4 is 0 Å². The molecule has 0 aromatic carbocycles. The summed E-state index contributed by atoms with van der Waals surface area (Å²) in [5, 5.41) is 5.44. The molecule has 1 aliphatic rings. The number of pyridine rings is 1. The van der Waals surface area contributed by atoms with Crippen molar-refractivity contribution in [3.8, 4) is 0 Å². The third kappa shape index (κ3) is 2.81. The van der Waals surface area contributed by atoms with Crippen molar-refractivity contribution in [3.05, 3.63) is 36.7 Å². The predicted octanol–water partition coefficient (Wildman–Crippen LogP) is 2.85. The Labute approximate surface area is 130 Å². The Kier molecular flexibility index (Phi) is 4.34. The van der Waals surface area contributed by atoms with E-state index in [0.717, 1.165) is 49.1 Å². The van der Waals surface area contributed by atoms with Crippen LogP contribution in [0.5, 0.6) is 0 Å². The van der Waals surface area contributed by atoms with E-state index in [-0.39, 0.29) is 11.8 Å². The minimum Gasteiger partial charge on any atom is -0.381 e. The molecule has 22 heavy (non-hydrogen) atoms. The van der Waals surface area contributed by atoms with Gasteiger partial charge < -0.3 is 4.74 Å². The Hall–Kier alpha value is -2.01. The van der Waals surface area contributed by atoms with Crippen LogP contribution in [0.15, 0.2) is 31.1 Å². The molecule has 0 spiro atoms. The lowest BCUT2D eigenvalue weighted by Gasteiger charge is -2.25. The molecule has 1 saturated heterocycles. The van der Waals surface area contributed by atoms with Crippen molar-refractivity contribution in [2.45, 2.75) is 32.2 Å². The average molecular weight is 299 g/mol. The summed E-state index contributed by atoms with van der Waals surface area (Å²) in [7, 11) is 0. The van der Waals surface area contributed by atoms with Gasteiger partial charge in [0.15, 0.2) is 11.4 Å². The van der Waals surface area contributed by atoms with Crippen LogP contribution >= 0.6 is 0 Å². The number of carbonyl (C=O) groups is 1. The lowest BCUT2D eigenvalue weighted by molar-refractivity contribution is -0.118. The van der Waals surface area contributed by atoms with Gasteiger partial charge in [0.25, 0.3) is 0 Å². The maximum atomic E-state index is 12.4. The largest absolute Gasteiger partial charge is 0.381 e. The second-order valence-electron chi connectivity index (χ2n) is 5.87. The van der Waals surface area contributed by atoms with Gasteiger partial charge in [-0.1, -0.05) is 6.58 Å². The smallest absolute Gasteiger partial charge is 0.179 e. The van der Waals surface area contributed by atoms with Gasteiger partial charge in [0.05, 0.1) is 6.20 Å². The van der Waals surface area contributed by atoms with Crippen molar-refractivity contribution in [2.75, 3.05) is 13.2 Å². The van der Waals surface area contributed by atoms with Crippen LogP contribution in [0.25, 0.3) is 11.0 Å². The number of ether oxygens (including phenoxy) is 1. The van der Waals surface area contributed by atoms with Crippen molar-refractivity contribution in [1.82, 2.24) is 14.8 Å². The number of allylic oxidation sites excluding steroid dienone is 1. The number of hydrogen-bond acceptors (Lipinski definition) is 4. The zero-order chi connectivity index (χ0) is 15.5. The third-order valence-corrected chi connectivity index (χ3v) is 4.44. The highest BCUT2D eigenvalue weighted by Gasteiger charge is 2.26. The van der Waals surface area contributed by atoms with Gasteiger partial charge in [0.2, 0.25) is 0 Å². The van der Waals surface area contributed by atoms with E-state index in [1.807, 2.05) is 13.0 Å². The molecule has 0 saturated carbocycles. The highest BCUT2D eigenvalue weighted by Crippen LogP contribution is 2.29. The molecule has 0 aliphatic carbocycles. The Morgan fingerprint density at radius 3 is 3.05 bits per heavy atom. The van der Waals surface area contributed by atoms with Gasteiger partial charge >= 0.3 is 0 Å². The van der Waals surface area contributed by atoms with E-state index >= 15 is 0 Å². The summed E-state index contributed by atoms with van der Waals surface area (Å²) in [6.07, 6.45) is 7.71. The van der Waals surface area contributed by atoms with Crippen LogP contribution in [0.1, 0.15) is 30.9 Å². The summed E-state index contributed by atoms with van der Waals surface area (Å²) in [6.45, 7) is 7.22. The second kappa shape index (κ2) is 6.40. The van der Waals surface area contributed by atoms with Gasteiger partial charge in [-0.2, -0.15) is 5.10 Å². The molecule has 1 aliphatic heterocycles. The van der Waals surface area contributed by atoms with Crippen molar-refractivity contribution in [3.63, 3.8) is 0 Å². The summed E-state index contributed by atoms with van der Waals surface area (Å²) in [5.41, 5.74) is 1.89. The molecule has 0 radical (unpaired) electrons. The normalized spacial score (nSPS) is 17.5. The van der Waals surface area contributed by atoms with Crippen LogP contribution in [-0.2, 0) is 9.53 Å². The van der Waals surface area contributed by atoms with E-state index in [1.54, 1.807) is 17.1 Å². The number of rotatable bonds is 5. The molecule has 0 N–H and O–H groups in total. The molecular formula is C17H21N3O2. The lowest BCUT2D eigenvalue weighted by atomic mass is 9.91. The molecule has 5 heteroatoms. The topological polar surface area (TPSA) is 57.0 Å². The van der Waals surface area contributed by atoms with E-state index in [2.05, 4.69) is 16.7 Å². The first-order valence-electron chi connectivity index (χ1n) is 7.73. The molecule has 0 bridgehead atoms. The van der Waals surface area contributed by atoms with Gasteiger partial charge in [0, 0.05) is 24.8 Å². The van der Waals surface area contributed by atoms with Crippen molar-refractivity contribution in [1.29, 1.82) is 0 Å². The van der Waals surface area contributed by atoms with Crippen LogP contribution in [0.3, 0.4) is 0 Å². The number of aromatic nitrogens is 3. The van der Waals surface area contributed by atoms with E-state index in [9.17, 15) is 4.79 Å². The fourth-order valence-electron chi connectivity index (χ4n) is 3.07. The zero-order valence-corrected chi connectivity index (χ0v) is 12.9. The van der Waals surface area contributed by atoms with E-state index < -0.39 is 0 Å². The van der Waals surface area contributed by atoms with Gasteiger partial charge in [-0.15, -0.1) is 0 Å². The molecule has 2 aromatic heterocycles. The van der Waals surface area contributed by atoms with E-state index in [0.29, 0.717) is 5.92 Å². The van der Waals surface area contributed by atoms with Crippen LogP contribution in [0, 0.1) is 12.8 Å². The molecule has 3 heterocycles. The summed E-state index contributed by atoms with van der Waals surface area (Å²) in [6, 6.07) is 1.63. The first-order valence-corrected chi connectivity index (χ1v) is 7.73. The summed E-state index contributed by atoms with van der Waals surface area (Å²) in [5.74, 6) is 0.478. The fraction of sp³-hybridized carbons (Fsp3) is 0.471. The first kappa shape index (κ1) is 14.9. The Balaban J connectivity index is 1.95. The number of fused-ring (bicyclic) bond motifs is 1. The SMILES string of the molecule is C=CC(=O)C(CC1CCOCC1)n1ncc2c(C)ccnc21. The average Bonchev–Trinajstić information content (AvgIpc) is 2.98. The second-order valence-corrected chi connectivity index (χ2v) is 5.87. The van der Waals surface area contributed by atoms with Crippen LogP contribution in [0.2, 0.25) is 0 Å². The summed E-state index contributed by atoms with van der Waals surface area (Å²) < 4.78 is 7.17. The Morgan fingerprint density at radius 1 is 1.55 bits per heavy atom. The minimum absolute atomic E-state index is 0.000187. The molecule has 116 valence electrons. The van der Waals surface area contributed by atoms with Crippen LogP contribution in [0.4, 0.5) is 0 Å². The number of hydrogen-bond donors (Lipinski definition) is 0. The maximum absolute atomic E-state index is 12.4. The Bertz CT molecular complexity index is 686. The highest BCUT2D eigenvalue weighted by atomic mass is 16.5. The van der Waals surface area contributed by atoms with Crippen molar-refractivity contribution >= 4 is 16.8 Å². The fourth-order valence-corrected chi connectivity index (χ4v) is 3.07. The van der Waals surface area contributed by atoms with Crippen LogP contribution in [-0.4, -0.2) is 33.8 Å². The van der Waals surface area contributed by atoms with Gasteiger partial charge in [-0.25, -0.2) is 9.67 Å². The molecule has 3 rings (SSSR count). The molecule has 1 unspecified atom stereocenters. The number of carbonyl (C=O) groups excluding carboxylic acids is 1. The van der Waals surface area contributed by atoms with Gasteiger partial charge in [-0.05, 0) is 49.8 Å². The number of nitrogens with zero attached hydrogens (tertiary/aromatic N) is 3. The number of ketones is 1. The lowest BCUT2D eigenvalue weighted by Crippen LogP contribution is -2.25. The molecule has 2 aromatic rings. The third-order valence-electron chi connectivity index (χ3n) is 4.44. The standard InChI is InChI=1S/C17H21N3O2/c1-3-16(21)15(10-13-5-8-22-9-6-13)20-17-14(11-19-20)12(2)4-7-18-17/h3-4,7,11,13,15H,1,5-6,8-10H2,2H3. The molecule has 1 fully saturated rings. The molecular weight excluding hydrogens is 278 g/mol. The highest BCUT2D eigenvalue weighted by molar-refractivity contribution is 5.93. The maximum Gasteiger partial charge on any atom is 0.179 e. The number of aryl methyl sites for hydroxylation is 1. The predicted molar refractivity (Wildman–Crippen MR) is 84.7 cm³/mol. The van der Waals surface area contributed by atoms with Gasteiger partial charge in [-0.3, -0.25) is 4.79 Å². The first-order chi connectivity index (χ1) is 10.7. The zero-order valence-electron chi connectivity index (χ0n) is 12.9. The summed E-state index contributed by atoms with van der Waals surface area (Å²) >= 11 is 0. The van der Waals surface area contributed by atoms with Crippen molar-refractivity contribution in [2.24, 2.45) is 5.92 Å². The van der Waals surface area contributed by atoms with Gasteiger partial charge in [0.1, 0.15) is 6.04 Å². The quantitative estimate of drug-likeness (QED) is 0.797. The minimum atomic E-state index is -0.326. The van der Waals surface area contributed by atoms with E-state index in [1.165, 1.54) is 6.08 Å².